The molecule has 0 spiro atoms. The predicted molar refractivity (Wildman–Crippen MR) is 51.4 cm³/mol. The summed E-state index contributed by atoms with van der Waals surface area (Å²) in [5.74, 6) is 0. The van der Waals surface area contributed by atoms with Gasteiger partial charge in [-0.3, -0.25) is 9.11 Å². The molecule has 0 unspecified atom stereocenters. The standard InChI is InChI=1S/2CH2O3.2Ca.H2O4S.4H/c2*2-1(3)4;;;1-5(2,3)4;;;;/h2*(H2,2,3,4);;;(H2,1,2,3,4);;;;/q;;2*+2;;4*-1. The summed E-state index contributed by atoms with van der Waals surface area (Å²) in [6, 6.07) is 0. The van der Waals surface area contributed by atoms with Gasteiger partial charge in [0.05, 0.1) is 0 Å². The third-order valence-electron chi connectivity index (χ3n) is 0. The van der Waals surface area contributed by atoms with E-state index in [1.165, 1.54) is 0 Å². The number of hydrogen-bond acceptors (Lipinski definition) is 4. The van der Waals surface area contributed by atoms with Crippen molar-refractivity contribution < 1.29 is 53.2 Å². The van der Waals surface area contributed by atoms with Crippen LogP contribution in [-0.2, 0) is 10.4 Å². The summed E-state index contributed by atoms with van der Waals surface area (Å²) in [6.45, 7) is 0. The van der Waals surface area contributed by atoms with E-state index in [1.54, 1.807) is 0 Å². The summed E-state index contributed by atoms with van der Waals surface area (Å²) in [4.78, 5) is 17.1. The third kappa shape index (κ3) is 2890. The Kier molecular flexibility index (Phi) is 34.3. The fourth-order valence-electron chi connectivity index (χ4n) is 0. The minimum Gasteiger partial charge on any atom is -1.00 e. The van der Waals surface area contributed by atoms with Crippen molar-refractivity contribution >= 4 is 98.2 Å². The van der Waals surface area contributed by atoms with Crippen molar-refractivity contribution in [1.82, 2.24) is 0 Å². The predicted octanol–water partition coefficient (Wildman–Crippen LogP) is -0.520. The van der Waals surface area contributed by atoms with Crippen LogP contribution in [0, 0.1) is 0 Å². The maximum Gasteiger partial charge on any atom is 2.00 e. The molecule has 0 saturated carbocycles. The summed E-state index contributed by atoms with van der Waals surface area (Å²) < 4.78 is 31.6. The average molecular weight is 306 g/mol. The molecular formula is C2H10Ca2O10S. The normalized spacial score (nSPS) is 7.07. The molecule has 0 aliphatic carbocycles. The Morgan fingerprint density at radius 1 is 0.800 bits per heavy atom. The number of carbonyl (C=O) groups is 2. The topological polar surface area (TPSA) is 190 Å². The van der Waals surface area contributed by atoms with Gasteiger partial charge in [0, 0.05) is 0 Å². The van der Waals surface area contributed by atoms with Crippen LogP contribution < -0.4 is 0 Å². The maximum absolute atomic E-state index is 8.74. The van der Waals surface area contributed by atoms with Gasteiger partial charge >= 0.3 is 98.2 Å². The molecule has 0 aromatic rings. The van der Waals surface area contributed by atoms with E-state index in [1.807, 2.05) is 0 Å². The second kappa shape index (κ2) is 17.3. The minimum absolute atomic E-state index is 0. The van der Waals surface area contributed by atoms with E-state index in [4.69, 9.17) is 47.5 Å². The fourth-order valence-corrected chi connectivity index (χ4v) is 0. The molecular weight excluding hydrogens is 296 g/mol. The summed E-state index contributed by atoms with van der Waals surface area (Å²) >= 11 is 0. The summed E-state index contributed by atoms with van der Waals surface area (Å²) in [7, 11) is -4.67. The monoisotopic (exact) mass is 306 g/mol. The van der Waals surface area contributed by atoms with Gasteiger partial charge in [-0.25, -0.2) is 9.59 Å². The minimum atomic E-state index is -4.67. The fraction of sp³-hybridized carbons (Fsp3) is 0. The molecule has 0 aromatic heterocycles. The third-order valence-corrected chi connectivity index (χ3v) is 0. The van der Waals surface area contributed by atoms with Gasteiger partial charge in [0.2, 0.25) is 0 Å². The first-order chi connectivity index (χ1) is 5.46. The van der Waals surface area contributed by atoms with E-state index in [-0.39, 0.29) is 81.2 Å². The van der Waals surface area contributed by atoms with Crippen molar-refractivity contribution in [2.75, 3.05) is 0 Å². The molecule has 0 atom stereocenters. The molecule has 88 valence electrons. The van der Waals surface area contributed by atoms with E-state index in [2.05, 4.69) is 0 Å². The quantitative estimate of drug-likeness (QED) is 0.251. The molecule has 0 fully saturated rings. The molecule has 0 saturated heterocycles. The summed E-state index contributed by atoms with van der Waals surface area (Å²) in [5, 5.41) is 27.9. The van der Waals surface area contributed by atoms with Crippen LogP contribution in [0.25, 0.3) is 0 Å². The Morgan fingerprint density at radius 2 is 0.800 bits per heavy atom. The van der Waals surface area contributed by atoms with Crippen molar-refractivity contribution in [3.05, 3.63) is 0 Å². The van der Waals surface area contributed by atoms with Gasteiger partial charge in [-0.05, 0) is 0 Å². The van der Waals surface area contributed by atoms with Crippen LogP contribution in [0.1, 0.15) is 5.71 Å². The molecule has 0 aliphatic rings. The zero-order valence-electron chi connectivity index (χ0n) is 11.1. The molecule has 13 heteroatoms. The molecule has 0 aromatic carbocycles. The molecule has 15 heavy (non-hydrogen) atoms. The first kappa shape index (κ1) is 29.7. The molecule has 0 heterocycles. The Labute approximate surface area is 149 Å². The average Bonchev–Trinajstić information content (AvgIpc) is 1.50. The van der Waals surface area contributed by atoms with E-state index in [0.29, 0.717) is 0 Å². The zero-order chi connectivity index (χ0) is 11.7. The zero-order valence-corrected chi connectivity index (χ0v) is 12.4. The molecule has 0 amide bonds. The molecule has 10 nitrogen and oxygen atoms in total. The van der Waals surface area contributed by atoms with Gasteiger partial charge in [-0.1, -0.05) is 0 Å². The smallest absolute Gasteiger partial charge is 1.00 e. The van der Waals surface area contributed by atoms with E-state index in [9.17, 15) is 0 Å². The van der Waals surface area contributed by atoms with Gasteiger partial charge in [0.15, 0.2) is 0 Å². The number of carboxylic acid groups (broad SMARTS) is 4. The number of rotatable bonds is 0. The van der Waals surface area contributed by atoms with Crippen LogP contribution in [0.5, 0.6) is 0 Å². The maximum atomic E-state index is 8.74. The van der Waals surface area contributed by atoms with E-state index < -0.39 is 22.7 Å². The van der Waals surface area contributed by atoms with Crippen LogP contribution in [-0.4, -0.2) is 126 Å². The van der Waals surface area contributed by atoms with Gasteiger partial charge in [0.25, 0.3) is 0 Å². The Hall–Kier alpha value is 0.929. The molecule has 0 aliphatic heterocycles. The van der Waals surface area contributed by atoms with Gasteiger partial charge in [0.1, 0.15) is 0 Å². The Bertz CT molecular complexity index is 230. The van der Waals surface area contributed by atoms with Crippen molar-refractivity contribution in [2.45, 2.75) is 0 Å². The Morgan fingerprint density at radius 3 is 0.800 bits per heavy atom. The second-order valence-electron chi connectivity index (χ2n) is 1.01. The summed E-state index contributed by atoms with van der Waals surface area (Å²) in [5.41, 5.74) is 0. The number of hydrogen-bond donors (Lipinski definition) is 6. The van der Waals surface area contributed by atoms with Gasteiger partial charge in [-0.2, -0.15) is 8.42 Å². The van der Waals surface area contributed by atoms with Crippen LogP contribution in [0.3, 0.4) is 0 Å². The molecule has 0 bridgehead atoms. The van der Waals surface area contributed by atoms with Gasteiger partial charge < -0.3 is 26.1 Å². The molecule has 0 radical (unpaired) electrons. The Balaban J connectivity index is -0.00000000980. The second-order valence-corrected chi connectivity index (χ2v) is 1.91. The van der Waals surface area contributed by atoms with Crippen molar-refractivity contribution in [3.8, 4) is 0 Å². The van der Waals surface area contributed by atoms with Crippen LogP contribution in [0.15, 0.2) is 0 Å². The van der Waals surface area contributed by atoms with Crippen molar-refractivity contribution in [3.63, 3.8) is 0 Å². The van der Waals surface area contributed by atoms with E-state index in [0.717, 1.165) is 0 Å². The first-order valence-electron chi connectivity index (χ1n) is 2.00. The molecule has 0 rings (SSSR count). The van der Waals surface area contributed by atoms with Crippen molar-refractivity contribution in [1.29, 1.82) is 0 Å². The largest absolute Gasteiger partial charge is 2.00 e. The first-order valence-corrected chi connectivity index (χ1v) is 3.40. The van der Waals surface area contributed by atoms with Gasteiger partial charge in [-0.15, -0.1) is 0 Å². The van der Waals surface area contributed by atoms with E-state index >= 15 is 0 Å². The summed E-state index contributed by atoms with van der Waals surface area (Å²) in [6.07, 6.45) is -3.67. The van der Waals surface area contributed by atoms with Crippen molar-refractivity contribution in [2.24, 2.45) is 0 Å². The van der Waals surface area contributed by atoms with Crippen LogP contribution >= 0.6 is 0 Å². The van der Waals surface area contributed by atoms with Crippen LogP contribution in [0.4, 0.5) is 9.59 Å². The SMILES string of the molecule is O=C(O)O.O=C(O)O.O=S(=O)(O)O.[Ca+2].[Ca+2].[H-].[H-].[H-].[H-]. The van der Waals surface area contributed by atoms with Crippen LogP contribution in [0.2, 0.25) is 0 Å². The molecule has 6 N–H and O–H groups in total.